The molecule has 0 radical (unpaired) electrons. The highest BCUT2D eigenvalue weighted by atomic mass is 35.5. The number of halogens is 1. The minimum Gasteiger partial charge on any atom is -0.489 e. The van der Waals surface area contributed by atoms with E-state index in [0.717, 1.165) is 23.2 Å². The number of aliphatic hydroxyl groups is 2. The van der Waals surface area contributed by atoms with Gasteiger partial charge in [0.25, 0.3) is 5.91 Å². The van der Waals surface area contributed by atoms with Crippen molar-refractivity contribution in [3.8, 4) is 5.75 Å². The standard InChI is InChI=1S/C23H25ClN2O4S/c1-3-10-25-23-26(19-7-5-4-6-15(19)2)22(29)21(31-23)12-16-8-9-20(18(24)11-16)30-14-17(28)13-27/h4-9,11-12,17,27-28H,3,10,13-14H2,1-2H3/t17-/m1/s1. The average molecular weight is 461 g/mol. The third-order valence-corrected chi connectivity index (χ3v) is 5.83. The Morgan fingerprint density at radius 1 is 1.29 bits per heavy atom. The van der Waals surface area contributed by atoms with Crippen LogP contribution in [0.25, 0.3) is 6.08 Å². The molecule has 3 rings (SSSR count). The number of aliphatic hydroxyl groups excluding tert-OH is 2. The van der Waals surface area contributed by atoms with Gasteiger partial charge in [0.15, 0.2) is 5.17 Å². The molecule has 0 saturated carbocycles. The number of carbonyl (C=O) groups excluding carboxylic acids is 1. The van der Waals surface area contributed by atoms with Gasteiger partial charge in [0.1, 0.15) is 18.5 Å². The van der Waals surface area contributed by atoms with Gasteiger partial charge in [-0.25, -0.2) is 0 Å². The molecule has 1 amide bonds. The SMILES string of the molecule is CCCN=C1SC(=Cc2ccc(OC[C@H](O)CO)c(Cl)c2)C(=O)N1c1ccccc1C. The number of nitrogens with zero attached hydrogens (tertiary/aromatic N) is 2. The van der Waals surface area contributed by atoms with Crippen LogP contribution in [0.4, 0.5) is 5.69 Å². The number of thioether (sulfide) groups is 1. The molecule has 6 nitrogen and oxygen atoms in total. The van der Waals surface area contributed by atoms with Crippen LogP contribution in [0.2, 0.25) is 5.02 Å². The summed E-state index contributed by atoms with van der Waals surface area (Å²) in [5.74, 6) is 0.269. The van der Waals surface area contributed by atoms with Crippen molar-refractivity contribution in [3.63, 3.8) is 0 Å². The molecule has 2 aromatic carbocycles. The number of carbonyl (C=O) groups is 1. The van der Waals surface area contributed by atoms with Crippen LogP contribution in [0.15, 0.2) is 52.4 Å². The number of anilines is 1. The Morgan fingerprint density at radius 2 is 2.06 bits per heavy atom. The zero-order chi connectivity index (χ0) is 22.4. The molecular formula is C23H25ClN2O4S. The molecule has 1 aliphatic heterocycles. The number of amides is 1. The number of ether oxygens (including phenoxy) is 1. The van der Waals surface area contributed by atoms with Gasteiger partial charge < -0.3 is 14.9 Å². The zero-order valence-electron chi connectivity index (χ0n) is 17.4. The highest BCUT2D eigenvalue weighted by Crippen LogP contribution is 2.38. The highest BCUT2D eigenvalue weighted by molar-refractivity contribution is 8.19. The Hall–Kier alpha value is -2.32. The van der Waals surface area contributed by atoms with E-state index in [9.17, 15) is 9.90 Å². The van der Waals surface area contributed by atoms with Crippen molar-refractivity contribution in [1.29, 1.82) is 0 Å². The second-order valence-electron chi connectivity index (χ2n) is 7.04. The predicted molar refractivity (Wildman–Crippen MR) is 127 cm³/mol. The number of rotatable bonds is 8. The van der Waals surface area contributed by atoms with Crippen molar-refractivity contribution in [2.75, 3.05) is 24.7 Å². The fraction of sp³-hybridized carbons (Fsp3) is 0.304. The average Bonchev–Trinajstić information content (AvgIpc) is 3.06. The predicted octanol–water partition coefficient (Wildman–Crippen LogP) is 4.27. The van der Waals surface area contributed by atoms with Crippen LogP contribution in [-0.2, 0) is 4.79 Å². The largest absolute Gasteiger partial charge is 0.489 e. The lowest BCUT2D eigenvalue weighted by molar-refractivity contribution is -0.113. The van der Waals surface area contributed by atoms with Gasteiger partial charge in [0.05, 0.1) is 22.2 Å². The van der Waals surface area contributed by atoms with Gasteiger partial charge in [-0.3, -0.25) is 14.7 Å². The Morgan fingerprint density at radius 3 is 2.74 bits per heavy atom. The van der Waals surface area contributed by atoms with Gasteiger partial charge in [-0.1, -0.05) is 42.8 Å². The van der Waals surface area contributed by atoms with Gasteiger partial charge in [-0.15, -0.1) is 0 Å². The maximum atomic E-state index is 13.2. The highest BCUT2D eigenvalue weighted by Gasteiger charge is 2.35. The number of hydrogen-bond acceptors (Lipinski definition) is 6. The van der Waals surface area contributed by atoms with Crippen molar-refractivity contribution in [1.82, 2.24) is 0 Å². The third kappa shape index (κ3) is 5.68. The van der Waals surface area contributed by atoms with Crippen molar-refractivity contribution >= 4 is 46.2 Å². The lowest BCUT2D eigenvalue weighted by atomic mass is 10.1. The van der Waals surface area contributed by atoms with Crippen LogP contribution in [0.1, 0.15) is 24.5 Å². The molecule has 1 fully saturated rings. The van der Waals surface area contributed by atoms with E-state index in [1.165, 1.54) is 11.8 Å². The van der Waals surface area contributed by atoms with E-state index in [1.807, 2.05) is 38.1 Å². The maximum Gasteiger partial charge on any atom is 0.271 e. The second-order valence-corrected chi connectivity index (χ2v) is 8.46. The molecule has 1 atom stereocenters. The molecule has 1 saturated heterocycles. The van der Waals surface area contributed by atoms with Crippen LogP contribution in [-0.4, -0.2) is 47.2 Å². The van der Waals surface area contributed by atoms with E-state index in [2.05, 4.69) is 4.99 Å². The zero-order valence-corrected chi connectivity index (χ0v) is 19.0. The topological polar surface area (TPSA) is 82.4 Å². The van der Waals surface area contributed by atoms with Crippen molar-refractivity contribution in [2.24, 2.45) is 4.99 Å². The van der Waals surface area contributed by atoms with Gasteiger partial charge in [0.2, 0.25) is 0 Å². The molecule has 2 N–H and O–H groups in total. The van der Waals surface area contributed by atoms with Crippen molar-refractivity contribution < 1.29 is 19.7 Å². The Bertz CT molecular complexity index is 1010. The number of benzene rings is 2. The summed E-state index contributed by atoms with van der Waals surface area (Å²) in [6.07, 6.45) is 1.70. The summed E-state index contributed by atoms with van der Waals surface area (Å²) in [5.41, 5.74) is 2.57. The quantitative estimate of drug-likeness (QED) is 0.575. The summed E-state index contributed by atoms with van der Waals surface area (Å²) in [6.45, 7) is 4.21. The first-order valence-corrected chi connectivity index (χ1v) is 11.2. The summed E-state index contributed by atoms with van der Waals surface area (Å²) >= 11 is 7.64. The van der Waals surface area contributed by atoms with E-state index >= 15 is 0 Å². The number of hydrogen-bond donors (Lipinski definition) is 2. The van der Waals surface area contributed by atoms with Crippen LogP contribution >= 0.6 is 23.4 Å². The van der Waals surface area contributed by atoms with Crippen LogP contribution in [0, 0.1) is 6.92 Å². The van der Waals surface area contributed by atoms with Crippen LogP contribution < -0.4 is 9.64 Å². The molecule has 164 valence electrons. The molecule has 31 heavy (non-hydrogen) atoms. The Kier molecular flexibility index (Phi) is 8.15. The number of aryl methyl sites for hydroxylation is 1. The van der Waals surface area contributed by atoms with E-state index in [1.54, 1.807) is 29.2 Å². The second kappa shape index (κ2) is 10.8. The summed E-state index contributed by atoms with van der Waals surface area (Å²) in [6, 6.07) is 12.9. The summed E-state index contributed by atoms with van der Waals surface area (Å²) < 4.78 is 5.42. The number of para-hydroxylation sites is 1. The van der Waals surface area contributed by atoms with Gasteiger partial charge in [-0.2, -0.15) is 0 Å². The van der Waals surface area contributed by atoms with Crippen molar-refractivity contribution in [2.45, 2.75) is 26.4 Å². The van der Waals surface area contributed by atoms with E-state index < -0.39 is 6.10 Å². The molecule has 0 aromatic heterocycles. The Labute approximate surface area is 191 Å². The van der Waals surface area contributed by atoms with Crippen molar-refractivity contribution in [3.05, 3.63) is 63.5 Å². The Balaban J connectivity index is 1.88. The molecule has 0 bridgehead atoms. The first-order chi connectivity index (χ1) is 14.9. The van der Waals surface area contributed by atoms with E-state index in [-0.39, 0.29) is 19.1 Å². The minimum absolute atomic E-state index is 0.0619. The molecule has 0 spiro atoms. The normalized spacial score (nSPS) is 17.6. The molecule has 1 heterocycles. The molecule has 0 aliphatic carbocycles. The molecule has 0 unspecified atom stereocenters. The fourth-order valence-corrected chi connectivity index (χ4v) is 4.17. The maximum absolute atomic E-state index is 13.2. The van der Waals surface area contributed by atoms with Gasteiger partial charge in [0, 0.05) is 6.54 Å². The lowest BCUT2D eigenvalue weighted by Gasteiger charge is -2.18. The number of amidine groups is 1. The smallest absolute Gasteiger partial charge is 0.271 e. The molecule has 1 aliphatic rings. The monoisotopic (exact) mass is 460 g/mol. The van der Waals surface area contributed by atoms with Crippen LogP contribution in [0.5, 0.6) is 5.75 Å². The molecular weight excluding hydrogens is 436 g/mol. The number of aliphatic imine (C=N–C) groups is 1. The first kappa shape index (κ1) is 23.3. The first-order valence-electron chi connectivity index (χ1n) is 10.00. The van der Waals surface area contributed by atoms with E-state index in [0.29, 0.717) is 27.4 Å². The molecule has 2 aromatic rings. The van der Waals surface area contributed by atoms with Gasteiger partial charge in [-0.05, 0) is 60.5 Å². The summed E-state index contributed by atoms with van der Waals surface area (Å²) in [7, 11) is 0. The summed E-state index contributed by atoms with van der Waals surface area (Å²) in [4.78, 5) is 20.1. The van der Waals surface area contributed by atoms with Crippen LogP contribution in [0.3, 0.4) is 0 Å². The fourth-order valence-electron chi connectivity index (χ4n) is 2.93. The lowest BCUT2D eigenvalue weighted by Crippen LogP contribution is -2.29. The van der Waals surface area contributed by atoms with Gasteiger partial charge >= 0.3 is 0 Å². The molecule has 8 heteroatoms. The minimum atomic E-state index is -0.973. The van der Waals surface area contributed by atoms with E-state index in [4.69, 9.17) is 21.4 Å². The third-order valence-electron chi connectivity index (χ3n) is 4.53. The summed E-state index contributed by atoms with van der Waals surface area (Å²) in [5, 5.41) is 19.3.